The van der Waals surface area contributed by atoms with Crippen LogP contribution in [0.5, 0.6) is 0 Å². The van der Waals surface area contributed by atoms with Crippen LogP contribution in [-0.4, -0.2) is 18.1 Å². The van der Waals surface area contributed by atoms with Crippen LogP contribution in [0.3, 0.4) is 0 Å². The summed E-state index contributed by atoms with van der Waals surface area (Å²) in [7, 11) is 0. The number of nitrogens with two attached hydrogens (primary N) is 1. The maximum absolute atomic E-state index is 5.46. The number of para-hydroxylation sites is 1. The molecule has 0 aliphatic heterocycles. The molecule has 1 heterocycles. The molecule has 4 heteroatoms. The summed E-state index contributed by atoms with van der Waals surface area (Å²) in [6.45, 7) is 1.99. The molecule has 0 bridgehead atoms. The number of hydrogen-bond donors (Lipinski definition) is 1. The number of nitrogens with zero attached hydrogens (tertiary/aromatic N) is 1. The molecule has 0 aliphatic rings. The van der Waals surface area contributed by atoms with Crippen molar-refractivity contribution in [3.8, 4) is 0 Å². The van der Waals surface area contributed by atoms with E-state index in [1.165, 1.54) is 4.70 Å². The second kappa shape index (κ2) is 5.21. The highest BCUT2D eigenvalue weighted by Crippen LogP contribution is 2.21. The minimum Gasteiger partial charge on any atom is -0.374 e. The third kappa shape index (κ3) is 2.75. The van der Waals surface area contributed by atoms with Gasteiger partial charge in [-0.05, 0) is 25.1 Å². The summed E-state index contributed by atoms with van der Waals surface area (Å²) in [6.07, 6.45) is 0.908. The van der Waals surface area contributed by atoms with E-state index in [1.807, 2.05) is 18.2 Å². The Morgan fingerprint density at radius 1 is 1.33 bits per heavy atom. The Labute approximate surface area is 92.9 Å². The fourth-order valence-electron chi connectivity index (χ4n) is 1.33. The molecule has 1 aromatic carbocycles. The smallest absolute Gasteiger partial charge is 0.120 e. The number of thiazole rings is 1. The minimum absolute atomic E-state index is 0.597. The molecule has 80 valence electrons. The van der Waals surface area contributed by atoms with E-state index in [0.717, 1.165) is 16.9 Å². The molecular weight excluding hydrogens is 208 g/mol. The Bertz CT molecular complexity index is 394. The van der Waals surface area contributed by atoms with Crippen LogP contribution in [-0.2, 0) is 11.3 Å². The number of hydrogen-bond acceptors (Lipinski definition) is 4. The van der Waals surface area contributed by atoms with Crippen molar-refractivity contribution in [1.29, 1.82) is 0 Å². The van der Waals surface area contributed by atoms with Crippen LogP contribution >= 0.6 is 11.3 Å². The van der Waals surface area contributed by atoms with Gasteiger partial charge in [0.1, 0.15) is 5.01 Å². The van der Waals surface area contributed by atoms with E-state index < -0.39 is 0 Å². The van der Waals surface area contributed by atoms with E-state index in [9.17, 15) is 0 Å². The van der Waals surface area contributed by atoms with E-state index in [4.69, 9.17) is 10.5 Å². The third-order valence-corrected chi connectivity index (χ3v) is 3.07. The zero-order chi connectivity index (χ0) is 10.5. The highest BCUT2D eigenvalue weighted by molar-refractivity contribution is 7.18. The van der Waals surface area contributed by atoms with Gasteiger partial charge in [0.25, 0.3) is 0 Å². The van der Waals surface area contributed by atoms with Gasteiger partial charge in [-0.15, -0.1) is 11.3 Å². The summed E-state index contributed by atoms with van der Waals surface area (Å²) < 4.78 is 6.68. The lowest BCUT2D eigenvalue weighted by molar-refractivity contribution is 0.120. The largest absolute Gasteiger partial charge is 0.374 e. The molecular formula is C11H14N2OS. The zero-order valence-electron chi connectivity index (χ0n) is 8.48. The quantitative estimate of drug-likeness (QED) is 0.789. The standard InChI is InChI=1S/C11H14N2OS/c12-6-3-7-14-8-11-13-9-4-1-2-5-10(9)15-11/h1-2,4-5H,3,6-8,12H2. The lowest BCUT2D eigenvalue weighted by Gasteiger charge is -1.98. The summed E-state index contributed by atoms with van der Waals surface area (Å²) in [4.78, 5) is 4.47. The van der Waals surface area contributed by atoms with Gasteiger partial charge >= 0.3 is 0 Å². The van der Waals surface area contributed by atoms with Crippen molar-refractivity contribution in [2.24, 2.45) is 5.73 Å². The Hall–Kier alpha value is -0.970. The predicted molar refractivity (Wildman–Crippen MR) is 62.9 cm³/mol. The summed E-state index contributed by atoms with van der Waals surface area (Å²) in [5.41, 5.74) is 6.43. The molecule has 15 heavy (non-hydrogen) atoms. The number of aromatic nitrogens is 1. The van der Waals surface area contributed by atoms with Crippen molar-refractivity contribution >= 4 is 21.6 Å². The van der Waals surface area contributed by atoms with Crippen molar-refractivity contribution in [2.45, 2.75) is 13.0 Å². The van der Waals surface area contributed by atoms with Crippen LogP contribution in [0.1, 0.15) is 11.4 Å². The molecule has 1 aromatic heterocycles. The number of fused-ring (bicyclic) bond motifs is 1. The first-order valence-electron chi connectivity index (χ1n) is 5.02. The molecule has 0 spiro atoms. The van der Waals surface area contributed by atoms with Crippen LogP contribution in [0.2, 0.25) is 0 Å². The monoisotopic (exact) mass is 222 g/mol. The first-order chi connectivity index (χ1) is 7.40. The van der Waals surface area contributed by atoms with Crippen molar-refractivity contribution in [1.82, 2.24) is 4.98 Å². The molecule has 0 radical (unpaired) electrons. The van der Waals surface area contributed by atoms with Gasteiger partial charge in [-0.1, -0.05) is 12.1 Å². The first kappa shape index (κ1) is 10.5. The fraction of sp³-hybridized carbons (Fsp3) is 0.364. The summed E-state index contributed by atoms with van der Waals surface area (Å²) in [5, 5.41) is 1.04. The van der Waals surface area contributed by atoms with Crippen LogP contribution < -0.4 is 5.73 Å². The van der Waals surface area contributed by atoms with Crippen molar-refractivity contribution in [2.75, 3.05) is 13.2 Å². The van der Waals surface area contributed by atoms with Gasteiger partial charge in [0.05, 0.1) is 16.8 Å². The van der Waals surface area contributed by atoms with Crippen LogP contribution in [0.15, 0.2) is 24.3 Å². The number of ether oxygens (including phenoxy) is 1. The molecule has 0 fully saturated rings. The normalized spacial score (nSPS) is 11.0. The van der Waals surface area contributed by atoms with Crippen molar-refractivity contribution in [3.05, 3.63) is 29.3 Å². The van der Waals surface area contributed by atoms with Gasteiger partial charge in [-0.2, -0.15) is 0 Å². The van der Waals surface area contributed by atoms with Gasteiger partial charge in [0.2, 0.25) is 0 Å². The molecule has 0 amide bonds. The molecule has 2 rings (SSSR count). The van der Waals surface area contributed by atoms with Crippen molar-refractivity contribution in [3.63, 3.8) is 0 Å². The van der Waals surface area contributed by atoms with Crippen LogP contribution in [0.25, 0.3) is 10.2 Å². The molecule has 3 nitrogen and oxygen atoms in total. The van der Waals surface area contributed by atoms with Gasteiger partial charge in [0.15, 0.2) is 0 Å². The number of rotatable bonds is 5. The molecule has 0 saturated heterocycles. The second-order valence-corrected chi connectivity index (χ2v) is 4.39. The fourth-order valence-corrected chi connectivity index (χ4v) is 2.23. The van der Waals surface area contributed by atoms with Gasteiger partial charge in [-0.3, -0.25) is 0 Å². The number of benzene rings is 1. The highest BCUT2D eigenvalue weighted by atomic mass is 32.1. The Kier molecular flexibility index (Phi) is 3.66. The average Bonchev–Trinajstić information content (AvgIpc) is 2.67. The second-order valence-electron chi connectivity index (χ2n) is 3.27. The molecule has 0 aliphatic carbocycles. The SMILES string of the molecule is NCCCOCc1nc2ccccc2s1. The van der Waals surface area contributed by atoms with Gasteiger partial charge in [-0.25, -0.2) is 4.98 Å². The maximum atomic E-state index is 5.46. The highest BCUT2D eigenvalue weighted by Gasteiger charge is 2.02. The van der Waals surface area contributed by atoms with E-state index in [-0.39, 0.29) is 0 Å². The minimum atomic E-state index is 0.597. The average molecular weight is 222 g/mol. The van der Waals surface area contributed by atoms with E-state index in [0.29, 0.717) is 19.8 Å². The maximum Gasteiger partial charge on any atom is 0.120 e. The van der Waals surface area contributed by atoms with Crippen LogP contribution in [0, 0.1) is 0 Å². The van der Waals surface area contributed by atoms with E-state index in [1.54, 1.807) is 11.3 Å². The first-order valence-corrected chi connectivity index (χ1v) is 5.84. The van der Waals surface area contributed by atoms with Crippen LogP contribution in [0.4, 0.5) is 0 Å². The molecule has 2 aromatic rings. The summed E-state index contributed by atoms with van der Waals surface area (Å²) in [6, 6.07) is 8.13. The molecule has 0 unspecified atom stereocenters. The Morgan fingerprint density at radius 3 is 3.00 bits per heavy atom. The van der Waals surface area contributed by atoms with Crippen molar-refractivity contribution < 1.29 is 4.74 Å². The Balaban J connectivity index is 1.97. The lowest BCUT2D eigenvalue weighted by atomic mass is 10.3. The summed E-state index contributed by atoms with van der Waals surface area (Å²) >= 11 is 1.69. The molecule has 0 saturated carbocycles. The molecule has 2 N–H and O–H groups in total. The Morgan fingerprint density at radius 2 is 2.20 bits per heavy atom. The summed E-state index contributed by atoms with van der Waals surface area (Å²) in [5.74, 6) is 0. The predicted octanol–water partition coefficient (Wildman–Crippen LogP) is 2.16. The molecule has 0 atom stereocenters. The van der Waals surface area contributed by atoms with Gasteiger partial charge < -0.3 is 10.5 Å². The topological polar surface area (TPSA) is 48.1 Å². The zero-order valence-corrected chi connectivity index (χ0v) is 9.30. The van der Waals surface area contributed by atoms with E-state index >= 15 is 0 Å². The van der Waals surface area contributed by atoms with E-state index in [2.05, 4.69) is 11.1 Å². The third-order valence-electron chi connectivity index (χ3n) is 2.06. The lowest BCUT2D eigenvalue weighted by Crippen LogP contribution is -2.04. The van der Waals surface area contributed by atoms with Gasteiger partial charge in [0, 0.05) is 6.61 Å².